The summed E-state index contributed by atoms with van der Waals surface area (Å²) in [4.78, 5) is 29.0. The van der Waals surface area contributed by atoms with Gasteiger partial charge in [-0.15, -0.1) is 0 Å². The highest BCUT2D eigenvalue weighted by Crippen LogP contribution is 2.39. The van der Waals surface area contributed by atoms with E-state index in [1.54, 1.807) is 12.0 Å². The van der Waals surface area contributed by atoms with Crippen molar-refractivity contribution in [2.75, 3.05) is 26.7 Å². The van der Waals surface area contributed by atoms with Crippen molar-refractivity contribution in [2.24, 2.45) is 11.8 Å². The van der Waals surface area contributed by atoms with Crippen molar-refractivity contribution in [3.63, 3.8) is 0 Å². The third-order valence-corrected chi connectivity index (χ3v) is 5.98. The van der Waals surface area contributed by atoms with E-state index in [2.05, 4.69) is 24.5 Å². The van der Waals surface area contributed by atoms with Crippen LogP contribution in [0.25, 0.3) is 0 Å². The number of para-hydroxylation sites is 1. The lowest BCUT2D eigenvalue weighted by atomic mass is 9.85. The van der Waals surface area contributed by atoms with Gasteiger partial charge in [-0.3, -0.25) is 9.59 Å². The molecule has 0 spiro atoms. The highest BCUT2D eigenvalue weighted by molar-refractivity contribution is 5.87. The van der Waals surface area contributed by atoms with Gasteiger partial charge in [-0.25, -0.2) is 0 Å². The summed E-state index contributed by atoms with van der Waals surface area (Å²) in [5, 5.41) is 0. The van der Waals surface area contributed by atoms with Crippen LogP contribution in [0.5, 0.6) is 5.75 Å². The van der Waals surface area contributed by atoms with Gasteiger partial charge in [-0.1, -0.05) is 31.7 Å². The van der Waals surface area contributed by atoms with Gasteiger partial charge in [0.05, 0.1) is 13.2 Å². The molecule has 146 valence electrons. The van der Waals surface area contributed by atoms with Crippen molar-refractivity contribution < 1.29 is 14.3 Å². The van der Waals surface area contributed by atoms with Crippen LogP contribution in [0.3, 0.4) is 0 Å². The Kier molecular flexibility index (Phi) is 6.19. The molecular weight excluding hydrogens is 340 g/mol. The number of rotatable bonds is 4. The second-order valence-corrected chi connectivity index (χ2v) is 7.72. The fourth-order valence-electron chi connectivity index (χ4n) is 4.35. The highest BCUT2D eigenvalue weighted by atomic mass is 16.5. The molecule has 0 saturated carbocycles. The normalized spacial score (nSPS) is 23.8. The van der Waals surface area contributed by atoms with Crippen LogP contribution in [-0.2, 0) is 9.59 Å². The first-order valence-electron chi connectivity index (χ1n) is 9.89. The number of benzene rings is 1. The number of carbonyl (C=O) groups excluding carboxylic acids is 2. The average Bonchev–Trinajstić information content (AvgIpc) is 2.72. The number of hydrogen-bond donors (Lipinski definition) is 0. The van der Waals surface area contributed by atoms with Gasteiger partial charge in [0.15, 0.2) is 0 Å². The standard InChI is InChI=1S/C22H30N2O3/c1-4-21(25)23-12-10-17(11-13-23)22(26)24-14-9-16(2)15-19(24)18-7-5-6-8-20(18)27-3/h4-8,16-17,19H,1,9-15H2,2-3H3/t16-,19+/m1/s1. The van der Waals surface area contributed by atoms with E-state index in [0.29, 0.717) is 19.0 Å². The molecule has 0 N–H and O–H groups in total. The Labute approximate surface area is 162 Å². The van der Waals surface area contributed by atoms with E-state index in [4.69, 9.17) is 4.74 Å². The maximum absolute atomic E-state index is 13.4. The van der Waals surface area contributed by atoms with Crippen LogP contribution in [0.1, 0.15) is 44.2 Å². The first-order valence-corrected chi connectivity index (χ1v) is 9.89. The van der Waals surface area contributed by atoms with E-state index in [1.807, 2.05) is 18.2 Å². The van der Waals surface area contributed by atoms with Gasteiger partial charge >= 0.3 is 0 Å². The van der Waals surface area contributed by atoms with Crippen LogP contribution in [0, 0.1) is 11.8 Å². The quantitative estimate of drug-likeness (QED) is 0.763. The molecular formula is C22H30N2O3. The van der Waals surface area contributed by atoms with Crippen molar-refractivity contribution >= 4 is 11.8 Å². The van der Waals surface area contributed by atoms with Crippen molar-refractivity contribution in [3.05, 3.63) is 42.5 Å². The number of hydrogen-bond acceptors (Lipinski definition) is 3. The molecule has 5 heteroatoms. The molecule has 2 heterocycles. The van der Waals surface area contributed by atoms with E-state index >= 15 is 0 Å². The molecule has 2 atom stereocenters. The fourth-order valence-corrected chi connectivity index (χ4v) is 4.35. The number of likely N-dealkylation sites (tertiary alicyclic amines) is 2. The molecule has 2 aliphatic rings. The molecule has 2 aliphatic heterocycles. The molecule has 0 aliphatic carbocycles. The second-order valence-electron chi connectivity index (χ2n) is 7.72. The van der Waals surface area contributed by atoms with Crippen LogP contribution in [-0.4, -0.2) is 48.4 Å². The van der Waals surface area contributed by atoms with Crippen LogP contribution in [0.2, 0.25) is 0 Å². The number of ether oxygens (including phenoxy) is 1. The molecule has 2 amide bonds. The Bertz CT molecular complexity index is 695. The minimum Gasteiger partial charge on any atom is -0.496 e. The monoisotopic (exact) mass is 370 g/mol. The van der Waals surface area contributed by atoms with Gasteiger partial charge < -0.3 is 14.5 Å². The third kappa shape index (κ3) is 4.18. The molecule has 0 aromatic heterocycles. The Balaban J connectivity index is 1.76. The lowest BCUT2D eigenvalue weighted by molar-refractivity contribution is -0.143. The van der Waals surface area contributed by atoms with Gasteiger partial charge in [-0.05, 0) is 43.7 Å². The summed E-state index contributed by atoms with van der Waals surface area (Å²) >= 11 is 0. The Morgan fingerprint density at radius 3 is 2.52 bits per heavy atom. The predicted octanol–water partition coefficient (Wildman–Crippen LogP) is 3.42. The molecule has 0 bridgehead atoms. The van der Waals surface area contributed by atoms with E-state index in [1.165, 1.54) is 6.08 Å². The molecule has 1 aromatic rings. The summed E-state index contributed by atoms with van der Waals surface area (Å²) in [5.41, 5.74) is 1.10. The lowest BCUT2D eigenvalue weighted by Crippen LogP contribution is -2.47. The minimum atomic E-state index is -0.0420. The summed E-state index contributed by atoms with van der Waals surface area (Å²) < 4.78 is 5.57. The third-order valence-electron chi connectivity index (χ3n) is 5.98. The van der Waals surface area contributed by atoms with Gasteiger partial charge in [-0.2, -0.15) is 0 Å². The zero-order valence-electron chi connectivity index (χ0n) is 16.4. The number of piperidine rings is 2. The molecule has 3 rings (SSSR count). The predicted molar refractivity (Wildman–Crippen MR) is 105 cm³/mol. The van der Waals surface area contributed by atoms with E-state index in [0.717, 1.165) is 43.5 Å². The maximum Gasteiger partial charge on any atom is 0.245 e. The number of nitrogens with zero attached hydrogens (tertiary/aromatic N) is 2. The first-order chi connectivity index (χ1) is 13.0. The summed E-state index contributed by atoms with van der Waals surface area (Å²) in [6.07, 6.45) is 4.79. The van der Waals surface area contributed by atoms with E-state index in [-0.39, 0.29) is 23.8 Å². The SMILES string of the molecule is C=CC(=O)N1CCC(C(=O)N2CC[C@@H](C)C[C@H]2c2ccccc2OC)CC1. The smallest absolute Gasteiger partial charge is 0.245 e. The van der Waals surface area contributed by atoms with E-state index in [9.17, 15) is 9.59 Å². The van der Waals surface area contributed by atoms with Gasteiger partial charge in [0, 0.05) is 31.1 Å². The van der Waals surface area contributed by atoms with E-state index < -0.39 is 0 Å². The van der Waals surface area contributed by atoms with Crippen molar-refractivity contribution in [1.29, 1.82) is 0 Å². The van der Waals surface area contributed by atoms with Crippen molar-refractivity contribution in [2.45, 2.75) is 38.6 Å². The largest absolute Gasteiger partial charge is 0.496 e. The van der Waals surface area contributed by atoms with Gasteiger partial charge in [0.1, 0.15) is 5.75 Å². The summed E-state index contributed by atoms with van der Waals surface area (Å²) in [5.74, 6) is 1.60. The molecule has 0 radical (unpaired) electrons. The molecule has 2 saturated heterocycles. The Morgan fingerprint density at radius 1 is 1.15 bits per heavy atom. The van der Waals surface area contributed by atoms with Gasteiger partial charge in [0.2, 0.25) is 11.8 Å². The topological polar surface area (TPSA) is 49.9 Å². The summed E-state index contributed by atoms with van der Waals surface area (Å²) in [6, 6.07) is 8.08. The first kappa shape index (κ1) is 19.5. The number of methoxy groups -OCH3 is 1. The molecule has 1 aromatic carbocycles. The van der Waals surface area contributed by atoms with Crippen LogP contribution < -0.4 is 4.74 Å². The van der Waals surface area contributed by atoms with Crippen LogP contribution in [0.4, 0.5) is 0 Å². The zero-order chi connectivity index (χ0) is 19.4. The second kappa shape index (κ2) is 8.59. The fraction of sp³-hybridized carbons (Fsp3) is 0.545. The Hall–Kier alpha value is -2.30. The van der Waals surface area contributed by atoms with Crippen LogP contribution in [0.15, 0.2) is 36.9 Å². The summed E-state index contributed by atoms with van der Waals surface area (Å²) in [6.45, 7) is 7.85. The summed E-state index contributed by atoms with van der Waals surface area (Å²) in [7, 11) is 1.68. The maximum atomic E-state index is 13.4. The number of carbonyl (C=O) groups is 2. The molecule has 2 fully saturated rings. The van der Waals surface area contributed by atoms with Gasteiger partial charge in [0.25, 0.3) is 0 Å². The van der Waals surface area contributed by atoms with Crippen molar-refractivity contribution in [1.82, 2.24) is 9.80 Å². The number of amides is 2. The zero-order valence-corrected chi connectivity index (χ0v) is 16.4. The molecule has 27 heavy (non-hydrogen) atoms. The average molecular weight is 370 g/mol. The highest BCUT2D eigenvalue weighted by Gasteiger charge is 2.37. The van der Waals surface area contributed by atoms with Crippen molar-refractivity contribution in [3.8, 4) is 5.75 Å². The minimum absolute atomic E-state index is 0.00974. The Morgan fingerprint density at radius 2 is 1.85 bits per heavy atom. The molecule has 5 nitrogen and oxygen atoms in total. The lowest BCUT2D eigenvalue weighted by Gasteiger charge is -2.42. The van der Waals surface area contributed by atoms with Crippen LogP contribution >= 0.6 is 0 Å². The molecule has 0 unspecified atom stereocenters.